The minimum absolute atomic E-state index is 0.0799. The molecule has 0 aliphatic heterocycles. The maximum atomic E-state index is 12.6. The molecule has 0 radical (unpaired) electrons. The maximum Gasteiger partial charge on any atom is 0.280 e. The predicted octanol–water partition coefficient (Wildman–Crippen LogP) is 2.34. The van der Waals surface area contributed by atoms with Gasteiger partial charge in [0.05, 0.1) is 24.1 Å². The van der Waals surface area contributed by atoms with Crippen molar-refractivity contribution in [3.63, 3.8) is 0 Å². The lowest BCUT2D eigenvalue weighted by Gasteiger charge is -2.16. The van der Waals surface area contributed by atoms with Crippen LogP contribution in [-0.2, 0) is 4.84 Å². The molecule has 0 N–H and O–H groups in total. The number of aromatic nitrogens is 3. The van der Waals surface area contributed by atoms with Crippen molar-refractivity contribution in [1.29, 1.82) is 0 Å². The summed E-state index contributed by atoms with van der Waals surface area (Å²) in [6.45, 7) is -2.35. The number of carbonyl (C=O) groups excluding carboxylic acids is 1. The van der Waals surface area contributed by atoms with Gasteiger partial charge in [-0.05, 0) is 6.85 Å². The van der Waals surface area contributed by atoms with E-state index >= 15 is 0 Å². The molecule has 1 aromatic carbocycles. The highest BCUT2D eigenvalue weighted by Crippen LogP contribution is 2.23. The minimum Gasteiger partial charge on any atom is -0.274 e. The third-order valence-corrected chi connectivity index (χ3v) is 3.29. The molecule has 2 aromatic heterocycles. The van der Waals surface area contributed by atoms with Crippen molar-refractivity contribution in [2.24, 2.45) is 0 Å². The van der Waals surface area contributed by atoms with Crippen LogP contribution in [0.2, 0.25) is 0 Å². The second-order valence-corrected chi connectivity index (χ2v) is 4.69. The van der Waals surface area contributed by atoms with Gasteiger partial charge in [-0.3, -0.25) is 9.63 Å². The molecule has 0 saturated carbocycles. The molecule has 112 valence electrons. The lowest BCUT2D eigenvalue weighted by atomic mass is 10.1. The Kier molecular flexibility index (Phi) is 2.77. The van der Waals surface area contributed by atoms with Gasteiger partial charge in [-0.15, -0.1) is 0 Å². The number of amides is 1. The number of hydrogen-bond donors (Lipinski definition) is 0. The first-order valence-electron chi connectivity index (χ1n) is 8.10. The van der Waals surface area contributed by atoms with Gasteiger partial charge in [0.2, 0.25) is 0 Å². The van der Waals surface area contributed by atoms with Crippen LogP contribution >= 0.6 is 0 Å². The Balaban J connectivity index is 2.25. The molecular formula is C16H16N4O2. The normalized spacial score (nSPS) is 13.5. The van der Waals surface area contributed by atoms with Crippen LogP contribution < -0.4 is 0 Å². The van der Waals surface area contributed by atoms with Gasteiger partial charge < -0.3 is 0 Å². The predicted molar refractivity (Wildman–Crippen MR) is 82.3 cm³/mol. The van der Waals surface area contributed by atoms with Crippen molar-refractivity contribution in [3.8, 4) is 11.3 Å². The Morgan fingerprint density at radius 1 is 1.36 bits per heavy atom. The van der Waals surface area contributed by atoms with Crippen LogP contribution in [0.1, 0.15) is 20.2 Å². The zero-order valence-electron chi connectivity index (χ0n) is 15.1. The second-order valence-electron chi connectivity index (χ2n) is 4.69. The van der Waals surface area contributed by atoms with Gasteiger partial charge >= 0.3 is 0 Å². The molecule has 2 heterocycles. The van der Waals surface area contributed by atoms with Gasteiger partial charge in [0.1, 0.15) is 0 Å². The Morgan fingerprint density at radius 3 is 2.82 bits per heavy atom. The van der Waals surface area contributed by atoms with Gasteiger partial charge in [0.15, 0.2) is 5.65 Å². The highest BCUT2D eigenvalue weighted by atomic mass is 16.7. The Morgan fingerprint density at radius 2 is 2.14 bits per heavy atom. The van der Waals surface area contributed by atoms with Gasteiger partial charge in [0.25, 0.3) is 5.91 Å². The molecule has 3 rings (SSSR count). The molecule has 6 nitrogen and oxygen atoms in total. The largest absolute Gasteiger partial charge is 0.280 e. The molecular weight excluding hydrogens is 280 g/mol. The summed E-state index contributed by atoms with van der Waals surface area (Å²) in [5.74, 6) is -0.415. The van der Waals surface area contributed by atoms with Crippen LogP contribution in [0.4, 0.5) is 0 Å². The molecule has 0 aliphatic rings. The van der Waals surface area contributed by atoms with E-state index in [4.69, 9.17) is 8.95 Å². The number of hydrogen-bond acceptors (Lipinski definition) is 4. The molecule has 22 heavy (non-hydrogen) atoms. The summed E-state index contributed by atoms with van der Waals surface area (Å²) in [6, 6.07) is 10.6. The number of aryl methyl sites for hydroxylation is 1. The Bertz CT molecular complexity index is 922. The van der Waals surface area contributed by atoms with Crippen molar-refractivity contribution < 1.29 is 13.7 Å². The van der Waals surface area contributed by atoms with E-state index in [-0.39, 0.29) is 11.3 Å². The van der Waals surface area contributed by atoms with E-state index in [1.165, 1.54) is 30.9 Å². The van der Waals surface area contributed by atoms with Gasteiger partial charge in [-0.1, -0.05) is 30.3 Å². The van der Waals surface area contributed by atoms with Gasteiger partial charge in [-0.2, -0.15) is 5.10 Å². The van der Waals surface area contributed by atoms with Crippen LogP contribution in [-0.4, -0.2) is 39.7 Å². The number of rotatable bonds is 3. The third-order valence-electron chi connectivity index (χ3n) is 3.29. The van der Waals surface area contributed by atoms with Crippen molar-refractivity contribution in [2.45, 2.75) is 6.85 Å². The SMILES string of the molecule is [2H]C([2H])([2H])c1cc2nc(-c3ccccc3)c(C(=O)N(C)OC)cn2n1. The zero-order chi connectivity index (χ0) is 18.2. The molecule has 0 spiro atoms. The average Bonchev–Trinajstić information content (AvgIpc) is 3.03. The maximum absolute atomic E-state index is 12.6. The van der Waals surface area contributed by atoms with Crippen LogP contribution in [0.5, 0.6) is 0 Å². The first-order valence-corrected chi connectivity index (χ1v) is 6.60. The molecule has 6 heteroatoms. The number of benzene rings is 1. The molecule has 0 aliphatic carbocycles. The van der Waals surface area contributed by atoms with Gasteiger partial charge in [-0.25, -0.2) is 14.6 Å². The van der Waals surface area contributed by atoms with Crippen molar-refractivity contribution in [3.05, 3.63) is 53.9 Å². The number of hydroxylamine groups is 2. The fraction of sp³-hybridized carbons (Fsp3) is 0.188. The summed E-state index contributed by atoms with van der Waals surface area (Å²) < 4.78 is 23.8. The number of nitrogens with zero attached hydrogens (tertiary/aromatic N) is 4. The van der Waals surface area contributed by atoms with E-state index in [1.807, 2.05) is 30.3 Å². The van der Waals surface area contributed by atoms with Crippen molar-refractivity contribution in [2.75, 3.05) is 14.2 Å². The lowest BCUT2D eigenvalue weighted by Crippen LogP contribution is -2.26. The average molecular weight is 299 g/mol. The molecule has 1 amide bonds. The summed E-state index contributed by atoms with van der Waals surface area (Å²) in [5.41, 5.74) is 1.68. The Labute approximate surface area is 132 Å². The van der Waals surface area contributed by atoms with E-state index in [2.05, 4.69) is 10.1 Å². The fourth-order valence-corrected chi connectivity index (χ4v) is 2.15. The van der Waals surface area contributed by atoms with Crippen LogP contribution in [0, 0.1) is 6.85 Å². The summed E-state index contributed by atoms with van der Waals surface area (Å²) in [6.07, 6.45) is 1.47. The highest BCUT2D eigenvalue weighted by molar-refractivity contribution is 5.99. The van der Waals surface area contributed by atoms with Gasteiger partial charge in [0, 0.05) is 29.0 Å². The van der Waals surface area contributed by atoms with Crippen molar-refractivity contribution in [1.82, 2.24) is 19.7 Å². The molecule has 0 unspecified atom stereocenters. The number of fused-ring (bicyclic) bond motifs is 1. The molecule has 0 atom stereocenters. The minimum atomic E-state index is -2.35. The standard InChI is InChI=1S/C16H16N4O2/c1-11-9-14-17-15(12-7-5-4-6-8-12)13(10-20(14)18-11)16(21)19(2)22-3/h4-10H,1-3H3/i1D3. The topological polar surface area (TPSA) is 59.7 Å². The Hall–Kier alpha value is -2.73. The van der Waals surface area contributed by atoms with Crippen molar-refractivity contribution >= 4 is 11.6 Å². The van der Waals surface area contributed by atoms with E-state index in [1.54, 1.807) is 0 Å². The summed E-state index contributed by atoms with van der Waals surface area (Å²) in [4.78, 5) is 22.1. The van der Waals surface area contributed by atoms with E-state index < -0.39 is 12.8 Å². The van der Waals surface area contributed by atoms with Crippen LogP contribution in [0.25, 0.3) is 16.9 Å². The quantitative estimate of drug-likeness (QED) is 0.697. The van der Waals surface area contributed by atoms with E-state index in [0.29, 0.717) is 11.3 Å². The summed E-state index contributed by atoms with van der Waals surface area (Å²) >= 11 is 0. The lowest BCUT2D eigenvalue weighted by molar-refractivity contribution is -0.0757. The first kappa shape index (κ1) is 10.9. The molecule has 0 fully saturated rings. The second kappa shape index (κ2) is 5.57. The monoisotopic (exact) mass is 299 g/mol. The third kappa shape index (κ3) is 2.44. The molecule has 0 saturated heterocycles. The highest BCUT2D eigenvalue weighted by Gasteiger charge is 2.20. The van der Waals surface area contributed by atoms with E-state index in [0.717, 1.165) is 10.6 Å². The first-order chi connectivity index (χ1) is 11.8. The summed E-state index contributed by atoms with van der Waals surface area (Å²) in [5, 5.41) is 5.10. The van der Waals surface area contributed by atoms with E-state index in [9.17, 15) is 4.79 Å². The number of carbonyl (C=O) groups is 1. The summed E-state index contributed by atoms with van der Waals surface area (Å²) in [7, 11) is 2.87. The fourth-order valence-electron chi connectivity index (χ4n) is 2.15. The van der Waals surface area contributed by atoms with Crippen LogP contribution in [0.3, 0.4) is 0 Å². The smallest absolute Gasteiger partial charge is 0.274 e. The zero-order valence-corrected chi connectivity index (χ0v) is 12.1. The molecule has 3 aromatic rings. The van der Waals surface area contributed by atoms with Crippen LogP contribution in [0.15, 0.2) is 42.6 Å². The molecule has 0 bridgehead atoms.